The van der Waals surface area contributed by atoms with E-state index in [0.717, 1.165) is 53.7 Å². The van der Waals surface area contributed by atoms with Crippen LogP contribution in [0.1, 0.15) is 65.3 Å². The topological polar surface area (TPSA) is 253 Å². The molecule has 2 amide bonds. The van der Waals surface area contributed by atoms with Gasteiger partial charge in [0.15, 0.2) is 12.2 Å². The Balaban J connectivity index is 0.708. The Hall–Kier alpha value is -2.82. The second kappa shape index (κ2) is 32.1. The molecule has 0 radical (unpaired) electrons. The Morgan fingerprint density at radius 3 is 1.64 bits per heavy atom. The molecular formula is C52H74Cl4N6O14S2. The molecule has 2 aliphatic heterocycles. The average molecular weight is 1210 g/mol. The van der Waals surface area contributed by atoms with Crippen LogP contribution in [-0.4, -0.2) is 199 Å². The van der Waals surface area contributed by atoms with Crippen molar-refractivity contribution in [1.29, 1.82) is 0 Å². The summed E-state index contributed by atoms with van der Waals surface area (Å²) in [5.74, 6) is -1.68. The predicted octanol–water partition coefficient (Wildman–Crippen LogP) is 3.92. The summed E-state index contributed by atoms with van der Waals surface area (Å²) in [5, 5.41) is 27.0. The number of aliphatic hydroxyl groups excluding tert-OH is 2. The van der Waals surface area contributed by atoms with Crippen LogP contribution >= 0.6 is 46.4 Å². The molecule has 6 rings (SSSR count). The number of hydrogen-bond donors (Lipinski definition) is 6. The largest absolute Gasteiger partial charge is 0.380 e. The van der Waals surface area contributed by atoms with Gasteiger partial charge < -0.3 is 59.1 Å². The molecule has 2 heterocycles. The third-order valence-electron chi connectivity index (χ3n) is 13.8. The van der Waals surface area contributed by atoms with E-state index in [1.807, 2.05) is 25.2 Å². The minimum Gasteiger partial charge on any atom is -0.380 e. The van der Waals surface area contributed by atoms with Crippen LogP contribution in [0, 0.1) is 5.92 Å². The van der Waals surface area contributed by atoms with Gasteiger partial charge in [0.05, 0.1) is 89.4 Å². The molecule has 1 saturated carbocycles. The Morgan fingerprint density at radius 1 is 0.615 bits per heavy atom. The number of amides is 2. The molecule has 0 bridgehead atoms. The summed E-state index contributed by atoms with van der Waals surface area (Å²) < 4.78 is 91.0. The zero-order chi connectivity index (χ0) is 56.2. The van der Waals surface area contributed by atoms with E-state index >= 15 is 0 Å². The number of benzene rings is 3. The summed E-state index contributed by atoms with van der Waals surface area (Å²) in [6.07, 6.45) is -1.09. The quantitative estimate of drug-likeness (QED) is 0.0473. The molecule has 1 fully saturated rings. The number of nitrogens with one attached hydrogen (secondary N) is 4. The monoisotopic (exact) mass is 1210 g/mol. The van der Waals surface area contributed by atoms with E-state index in [-0.39, 0.29) is 128 Å². The molecule has 436 valence electrons. The summed E-state index contributed by atoms with van der Waals surface area (Å²) >= 11 is 25.8. The lowest BCUT2D eigenvalue weighted by atomic mass is 9.74. The smallest absolute Gasteiger partial charge is 0.252 e. The number of hydrogen-bond acceptors (Lipinski definition) is 16. The van der Waals surface area contributed by atoms with Crippen LogP contribution in [0.15, 0.2) is 53.4 Å². The number of fused-ring (bicyclic) bond motifs is 2. The molecule has 3 aromatic carbocycles. The third-order valence-corrected chi connectivity index (χ3v) is 18.3. The van der Waals surface area contributed by atoms with Crippen molar-refractivity contribution in [2.75, 3.05) is 133 Å². The molecular weight excluding hydrogens is 1140 g/mol. The second-order valence-corrected chi connectivity index (χ2v) is 25.1. The minimum atomic E-state index is -3.82. The molecule has 0 spiro atoms. The molecule has 5 unspecified atom stereocenters. The second-order valence-electron chi connectivity index (χ2n) is 19.6. The van der Waals surface area contributed by atoms with Crippen molar-refractivity contribution in [2.24, 2.45) is 5.92 Å². The van der Waals surface area contributed by atoms with Crippen LogP contribution in [0.4, 0.5) is 0 Å². The first-order chi connectivity index (χ1) is 37.3. The van der Waals surface area contributed by atoms with Gasteiger partial charge in [-0.05, 0) is 109 Å². The molecule has 0 aromatic heterocycles. The van der Waals surface area contributed by atoms with Gasteiger partial charge in [0, 0.05) is 78.4 Å². The molecule has 6 N–H and O–H groups in total. The van der Waals surface area contributed by atoms with Crippen molar-refractivity contribution < 1.29 is 65.1 Å². The number of rotatable bonds is 33. The van der Waals surface area contributed by atoms with Crippen LogP contribution in [-0.2, 0) is 71.1 Å². The number of halogens is 4. The fourth-order valence-electron chi connectivity index (χ4n) is 9.93. The van der Waals surface area contributed by atoms with Gasteiger partial charge in [-0.2, -0.15) is 0 Å². The molecule has 26 heteroatoms. The molecule has 20 nitrogen and oxygen atoms in total. The van der Waals surface area contributed by atoms with Crippen LogP contribution in [0.5, 0.6) is 0 Å². The number of sulfonamides is 2. The van der Waals surface area contributed by atoms with Gasteiger partial charge in [0.1, 0.15) is 0 Å². The van der Waals surface area contributed by atoms with Crippen molar-refractivity contribution in [2.45, 2.75) is 73.0 Å². The maximum absolute atomic E-state index is 13.3. The first-order valence-corrected chi connectivity index (χ1v) is 30.7. The highest BCUT2D eigenvalue weighted by molar-refractivity contribution is 7.90. The van der Waals surface area contributed by atoms with Crippen LogP contribution in [0.3, 0.4) is 0 Å². The van der Waals surface area contributed by atoms with Crippen molar-refractivity contribution >= 4 is 78.3 Å². The van der Waals surface area contributed by atoms with Gasteiger partial charge in [-0.15, -0.1) is 0 Å². The van der Waals surface area contributed by atoms with Crippen molar-refractivity contribution in [3.63, 3.8) is 0 Å². The van der Waals surface area contributed by atoms with Gasteiger partial charge in [0.2, 0.25) is 20.0 Å². The highest BCUT2D eigenvalue weighted by Crippen LogP contribution is 2.44. The molecule has 6 atom stereocenters. The van der Waals surface area contributed by atoms with Gasteiger partial charge in [-0.3, -0.25) is 9.59 Å². The maximum Gasteiger partial charge on any atom is 0.252 e. The molecule has 78 heavy (non-hydrogen) atoms. The summed E-state index contributed by atoms with van der Waals surface area (Å²) in [6.45, 7) is 5.34. The van der Waals surface area contributed by atoms with E-state index in [4.69, 9.17) is 74.8 Å². The number of carbonyl (C=O) groups excluding carboxylic acids is 2. The first-order valence-electron chi connectivity index (χ1n) is 26.1. The summed E-state index contributed by atoms with van der Waals surface area (Å²) in [7, 11) is -3.33. The Labute approximate surface area is 478 Å². The lowest BCUT2D eigenvalue weighted by Crippen LogP contribution is -2.50. The van der Waals surface area contributed by atoms with E-state index in [2.05, 4.69) is 36.9 Å². The van der Waals surface area contributed by atoms with Crippen LogP contribution in [0.2, 0.25) is 20.1 Å². The lowest BCUT2D eigenvalue weighted by Gasteiger charge is -2.40. The van der Waals surface area contributed by atoms with Crippen molar-refractivity contribution in [1.82, 2.24) is 29.9 Å². The van der Waals surface area contributed by atoms with Gasteiger partial charge in [0.25, 0.3) is 11.8 Å². The normalized spacial score (nSPS) is 19.9. The molecule has 3 aromatic rings. The highest BCUT2D eigenvalue weighted by Gasteiger charge is 2.39. The SMILES string of the molecule is CN1Cc2c(Cl)cc(Cl)cc2C(c2cccc(S(=O)(=O)NCCOCCOCCOCCNC(=O)C(O)C(O)C(=O)NCCOCCOCCOCCNS(=O)(=O)C3CCCC([C@@H]4CN(C)Cc5c(Cl)cc(Cl)cc54)C3)c2)C1. The number of carbonyl (C=O) groups is 2. The Morgan fingerprint density at radius 2 is 1.09 bits per heavy atom. The average Bonchev–Trinajstić information content (AvgIpc) is 3.50. The molecule has 0 saturated heterocycles. The lowest BCUT2D eigenvalue weighted by molar-refractivity contribution is -0.146. The summed E-state index contributed by atoms with van der Waals surface area (Å²) in [4.78, 5) is 29.1. The first kappa shape index (κ1) is 64.3. The maximum atomic E-state index is 13.3. The zero-order valence-electron chi connectivity index (χ0n) is 44.1. The number of likely N-dealkylation sites (N-methyl/N-ethyl adjacent to an activating group) is 2. The highest BCUT2D eigenvalue weighted by atomic mass is 35.5. The standard InChI is InChI=1S/C52H74Cl4N6O14S2/c1-61-31-43(41-27-37(53)29-47(55)45(41)33-61)35-5-3-7-39(25-35)77(67,68)59-11-15-73-19-23-75-21-17-71-13-9-57-51(65)49(63)50(64)52(66)58-10-14-72-18-22-76-24-20-74-16-12-60-78(69,70)40-8-4-6-36(26-40)44-32-62(2)34-46-42(44)28-38(54)30-48(46)56/h3,5,7,25,27-30,36,40,43-44,49-50,59-60,63-64H,4,6,8-24,26,31-34H2,1-2H3,(H,57,65)(H,58,66)/t36?,40?,43?,44-,49?,50?/m0/s1. The minimum absolute atomic E-state index is 0.00276. The zero-order valence-corrected chi connectivity index (χ0v) is 48.7. The number of nitrogens with zero attached hydrogens (tertiary/aromatic N) is 2. The molecule has 3 aliphatic rings. The summed E-state index contributed by atoms with van der Waals surface area (Å²) in [6, 6.07) is 14.2. The van der Waals surface area contributed by atoms with Crippen molar-refractivity contribution in [3.05, 3.63) is 96.4 Å². The number of aliphatic hydroxyl groups is 2. The third kappa shape index (κ3) is 19.7. The Kier molecular flexibility index (Phi) is 26.5. The van der Waals surface area contributed by atoms with E-state index in [9.17, 15) is 36.6 Å². The van der Waals surface area contributed by atoms with Crippen molar-refractivity contribution in [3.8, 4) is 0 Å². The van der Waals surface area contributed by atoms with E-state index in [1.54, 1.807) is 30.3 Å². The van der Waals surface area contributed by atoms with E-state index in [0.29, 0.717) is 46.0 Å². The van der Waals surface area contributed by atoms with E-state index < -0.39 is 49.3 Å². The molecule has 1 aliphatic carbocycles. The van der Waals surface area contributed by atoms with Crippen LogP contribution in [0.25, 0.3) is 0 Å². The fourth-order valence-corrected chi connectivity index (χ4v) is 13.7. The van der Waals surface area contributed by atoms with E-state index in [1.165, 1.54) is 0 Å². The van der Waals surface area contributed by atoms with Crippen LogP contribution < -0.4 is 20.1 Å². The van der Waals surface area contributed by atoms with Gasteiger partial charge in [-0.25, -0.2) is 26.3 Å². The Bertz CT molecular complexity index is 2650. The fraction of sp³-hybridized carbons (Fsp3) is 0.615. The van der Waals surface area contributed by atoms with Gasteiger partial charge >= 0.3 is 0 Å². The number of ether oxygens (including phenoxy) is 6. The predicted molar refractivity (Wildman–Crippen MR) is 297 cm³/mol. The summed E-state index contributed by atoms with van der Waals surface area (Å²) in [5.41, 5.74) is 4.99. The van der Waals surface area contributed by atoms with Gasteiger partial charge in [-0.1, -0.05) is 65.0 Å².